The maximum atomic E-state index is 12.6. The molecular formula is C24H22F3N3O3. The van der Waals surface area contributed by atoms with Gasteiger partial charge in [0.25, 0.3) is 11.8 Å². The highest BCUT2D eigenvalue weighted by atomic mass is 19.4. The zero-order valence-electron chi connectivity index (χ0n) is 18.0. The van der Waals surface area contributed by atoms with Crippen LogP contribution in [0.4, 0.5) is 18.9 Å². The summed E-state index contributed by atoms with van der Waals surface area (Å²) in [6.45, 7) is 4.97. The number of alkyl halides is 3. The van der Waals surface area contributed by atoms with Crippen molar-refractivity contribution in [1.82, 2.24) is 9.88 Å². The molecule has 0 spiro atoms. The SMILES string of the molecule is CCN(CC)C(=O)c1cccc(NC(=O)c2ccc(Oc3ccc(C(F)(F)F)cn3)cc2)c1. The lowest BCUT2D eigenvalue weighted by Crippen LogP contribution is -2.30. The number of nitrogens with zero attached hydrogens (tertiary/aromatic N) is 2. The number of amides is 2. The molecule has 0 bridgehead atoms. The fourth-order valence-corrected chi connectivity index (χ4v) is 3.03. The molecule has 0 unspecified atom stereocenters. The van der Waals surface area contributed by atoms with Crippen molar-refractivity contribution in [2.45, 2.75) is 20.0 Å². The minimum Gasteiger partial charge on any atom is -0.439 e. The molecule has 0 radical (unpaired) electrons. The summed E-state index contributed by atoms with van der Waals surface area (Å²) in [5.74, 6) is -0.198. The molecule has 3 rings (SSSR count). The molecule has 0 saturated heterocycles. The lowest BCUT2D eigenvalue weighted by atomic mass is 10.1. The number of nitrogens with one attached hydrogen (secondary N) is 1. The molecule has 0 saturated carbocycles. The van der Waals surface area contributed by atoms with E-state index in [1.807, 2.05) is 13.8 Å². The maximum Gasteiger partial charge on any atom is 0.417 e. The van der Waals surface area contributed by atoms with Gasteiger partial charge in [-0.2, -0.15) is 13.2 Å². The molecule has 0 aliphatic carbocycles. The number of halogens is 3. The normalized spacial score (nSPS) is 11.1. The number of anilines is 1. The topological polar surface area (TPSA) is 71.5 Å². The Morgan fingerprint density at radius 2 is 1.67 bits per heavy atom. The van der Waals surface area contributed by atoms with Crippen molar-refractivity contribution in [1.29, 1.82) is 0 Å². The van der Waals surface area contributed by atoms with Gasteiger partial charge in [-0.1, -0.05) is 6.07 Å². The van der Waals surface area contributed by atoms with Crippen molar-refractivity contribution in [2.24, 2.45) is 0 Å². The van der Waals surface area contributed by atoms with Gasteiger partial charge in [-0.05, 0) is 62.4 Å². The van der Waals surface area contributed by atoms with Crippen LogP contribution in [0, 0.1) is 0 Å². The van der Waals surface area contributed by atoms with E-state index in [9.17, 15) is 22.8 Å². The zero-order valence-corrected chi connectivity index (χ0v) is 18.0. The van der Waals surface area contributed by atoms with E-state index in [0.29, 0.717) is 41.9 Å². The monoisotopic (exact) mass is 457 g/mol. The summed E-state index contributed by atoms with van der Waals surface area (Å²) in [4.78, 5) is 30.4. The van der Waals surface area contributed by atoms with Crippen LogP contribution in [-0.2, 0) is 6.18 Å². The lowest BCUT2D eigenvalue weighted by Gasteiger charge is -2.19. The van der Waals surface area contributed by atoms with Crippen LogP contribution in [0.2, 0.25) is 0 Å². The summed E-state index contributed by atoms with van der Waals surface area (Å²) in [7, 11) is 0. The Morgan fingerprint density at radius 3 is 2.24 bits per heavy atom. The van der Waals surface area contributed by atoms with Crippen molar-refractivity contribution >= 4 is 17.5 Å². The smallest absolute Gasteiger partial charge is 0.417 e. The van der Waals surface area contributed by atoms with Gasteiger partial charge in [0, 0.05) is 42.2 Å². The standard InChI is InChI=1S/C24H22F3N3O3/c1-3-30(4-2)23(32)17-6-5-7-19(14-17)29-22(31)16-8-11-20(12-9-16)33-21-13-10-18(15-28-21)24(25,26)27/h5-15H,3-4H2,1-2H3,(H,29,31). The molecule has 6 nitrogen and oxygen atoms in total. The van der Waals surface area contributed by atoms with Crippen molar-refractivity contribution < 1.29 is 27.5 Å². The molecule has 2 amide bonds. The van der Waals surface area contributed by atoms with E-state index in [1.54, 1.807) is 29.2 Å². The Balaban J connectivity index is 1.65. The van der Waals surface area contributed by atoms with E-state index in [0.717, 1.165) is 12.1 Å². The Morgan fingerprint density at radius 1 is 0.970 bits per heavy atom. The van der Waals surface area contributed by atoms with Crippen LogP contribution in [0.25, 0.3) is 0 Å². The second-order valence-electron chi connectivity index (χ2n) is 7.02. The average molecular weight is 457 g/mol. The fraction of sp³-hybridized carbons (Fsp3) is 0.208. The highest BCUT2D eigenvalue weighted by Crippen LogP contribution is 2.30. The van der Waals surface area contributed by atoms with E-state index in [2.05, 4.69) is 10.3 Å². The molecule has 1 N–H and O–H groups in total. The summed E-state index contributed by atoms with van der Waals surface area (Å²) < 4.78 is 43.3. The Bertz CT molecular complexity index is 1110. The molecule has 1 aromatic heterocycles. The van der Waals surface area contributed by atoms with Gasteiger partial charge in [-0.15, -0.1) is 0 Å². The number of benzene rings is 2. The van der Waals surface area contributed by atoms with Gasteiger partial charge >= 0.3 is 6.18 Å². The molecular weight excluding hydrogens is 435 g/mol. The summed E-state index contributed by atoms with van der Waals surface area (Å²) in [5.41, 5.74) is 0.421. The first kappa shape index (κ1) is 23.8. The maximum absolute atomic E-state index is 12.6. The minimum absolute atomic E-state index is 0.00474. The first-order chi connectivity index (χ1) is 15.7. The predicted molar refractivity (Wildman–Crippen MR) is 117 cm³/mol. The number of rotatable bonds is 7. The van der Waals surface area contributed by atoms with Crippen molar-refractivity contribution in [3.05, 3.63) is 83.6 Å². The molecule has 172 valence electrons. The molecule has 0 aliphatic heterocycles. The second kappa shape index (κ2) is 10.2. The van der Waals surface area contributed by atoms with E-state index < -0.39 is 11.7 Å². The van der Waals surface area contributed by atoms with Crippen LogP contribution < -0.4 is 10.1 Å². The average Bonchev–Trinajstić information content (AvgIpc) is 2.80. The van der Waals surface area contributed by atoms with Gasteiger partial charge < -0.3 is 15.0 Å². The van der Waals surface area contributed by atoms with Crippen LogP contribution in [0.15, 0.2) is 66.9 Å². The largest absolute Gasteiger partial charge is 0.439 e. The van der Waals surface area contributed by atoms with Crippen LogP contribution >= 0.6 is 0 Å². The third kappa shape index (κ3) is 6.09. The van der Waals surface area contributed by atoms with E-state index >= 15 is 0 Å². The van der Waals surface area contributed by atoms with Crippen LogP contribution in [0.1, 0.15) is 40.1 Å². The number of ether oxygens (including phenoxy) is 1. The highest BCUT2D eigenvalue weighted by Gasteiger charge is 2.30. The Labute approximate surface area is 189 Å². The van der Waals surface area contributed by atoms with E-state index in [-0.39, 0.29) is 17.7 Å². The summed E-state index contributed by atoms with van der Waals surface area (Å²) in [6.07, 6.45) is -3.78. The number of pyridine rings is 1. The number of carbonyl (C=O) groups excluding carboxylic acids is 2. The molecule has 0 fully saturated rings. The van der Waals surface area contributed by atoms with Crippen LogP contribution in [0.5, 0.6) is 11.6 Å². The minimum atomic E-state index is -4.47. The molecule has 3 aromatic rings. The third-order valence-corrected chi connectivity index (χ3v) is 4.82. The highest BCUT2D eigenvalue weighted by molar-refractivity contribution is 6.05. The van der Waals surface area contributed by atoms with Crippen molar-refractivity contribution in [2.75, 3.05) is 18.4 Å². The number of hydrogen-bond donors (Lipinski definition) is 1. The Kier molecular flexibility index (Phi) is 7.32. The second-order valence-corrected chi connectivity index (χ2v) is 7.02. The number of hydrogen-bond acceptors (Lipinski definition) is 4. The molecule has 33 heavy (non-hydrogen) atoms. The number of carbonyl (C=O) groups is 2. The summed E-state index contributed by atoms with van der Waals surface area (Å²) >= 11 is 0. The van der Waals surface area contributed by atoms with E-state index in [1.165, 1.54) is 24.3 Å². The van der Waals surface area contributed by atoms with Gasteiger partial charge in [-0.3, -0.25) is 9.59 Å². The molecule has 2 aromatic carbocycles. The van der Waals surface area contributed by atoms with E-state index in [4.69, 9.17) is 4.74 Å². The quantitative estimate of drug-likeness (QED) is 0.499. The van der Waals surface area contributed by atoms with Gasteiger partial charge in [-0.25, -0.2) is 4.98 Å². The zero-order chi connectivity index (χ0) is 24.0. The van der Waals surface area contributed by atoms with Gasteiger partial charge in [0.2, 0.25) is 5.88 Å². The van der Waals surface area contributed by atoms with Crippen LogP contribution in [0.3, 0.4) is 0 Å². The summed E-state index contributed by atoms with van der Waals surface area (Å²) in [5, 5.41) is 2.75. The van der Waals surface area contributed by atoms with Gasteiger partial charge in [0.1, 0.15) is 5.75 Å². The third-order valence-electron chi connectivity index (χ3n) is 4.82. The molecule has 1 heterocycles. The van der Waals surface area contributed by atoms with Gasteiger partial charge in [0.05, 0.1) is 5.56 Å². The predicted octanol–water partition coefficient (Wildman–Crippen LogP) is 5.63. The lowest BCUT2D eigenvalue weighted by molar-refractivity contribution is -0.137. The van der Waals surface area contributed by atoms with Crippen LogP contribution in [-0.4, -0.2) is 34.8 Å². The van der Waals surface area contributed by atoms with Gasteiger partial charge in [0.15, 0.2) is 0 Å². The summed E-state index contributed by atoms with van der Waals surface area (Å²) in [6, 6.07) is 14.7. The fourth-order valence-electron chi connectivity index (χ4n) is 3.03. The van der Waals surface area contributed by atoms with Crippen molar-refractivity contribution in [3.63, 3.8) is 0 Å². The molecule has 0 atom stereocenters. The number of aromatic nitrogens is 1. The van der Waals surface area contributed by atoms with Crippen molar-refractivity contribution in [3.8, 4) is 11.6 Å². The first-order valence-electron chi connectivity index (χ1n) is 10.2. The first-order valence-corrected chi connectivity index (χ1v) is 10.2. The Hall–Kier alpha value is -3.88. The molecule has 0 aliphatic rings. The molecule has 9 heteroatoms.